The molecule has 2 N–H and O–H groups in total. The van der Waals surface area contributed by atoms with Crippen molar-refractivity contribution in [2.45, 2.75) is 63.8 Å². The summed E-state index contributed by atoms with van der Waals surface area (Å²) in [6, 6.07) is 7.59. The van der Waals surface area contributed by atoms with Gasteiger partial charge in [0.2, 0.25) is 5.91 Å². The first kappa shape index (κ1) is 27.3. The van der Waals surface area contributed by atoms with E-state index in [1.165, 1.54) is 23.5 Å². The zero-order valence-electron chi connectivity index (χ0n) is 22.5. The van der Waals surface area contributed by atoms with E-state index in [1.807, 2.05) is 4.90 Å². The minimum Gasteiger partial charge on any atom is -0.481 e. The Labute approximate surface area is 239 Å². The number of aromatic nitrogens is 2. The molecule has 41 heavy (non-hydrogen) atoms. The molecule has 2 aromatic heterocycles. The van der Waals surface area contributed by atoms with E-state index in [0.29, 0.717) is 24.2 Å². The van der Waals surface area contributed by atoms with Crippen LogP contribution in [0.4, 0.5) is 20.5 Å². The van der Waals surface area contributed by atoms with E-state index in [1.54, 1.807) is 31.3 Å². The van der Waals surface area contributed by atoms with Crippen LogP contribution in [-0.2, 0) is 22.4 Å². The van der Waals surface area contributed by atoms with Gasteiger partial charge in [-0.25, -0.2) is 13.8 Å². The number of carboxylic acid groups (broad SMARTS) is 1. The smallest absolute Gasteiger partial charge is 0.303 e. The van der Waals surface area contributed by atoms with Crippen molar-refractivity contribution in [2.24, 2.45) is 5.92 Å². The van der Waals surface area contributed by atoms with Crippen molar-refractivity contribution in [3.63, 3.8) is 0 Å². The molecule has 3 unspecified atom stereocenters. The van der Waals surface area contributed by atoms with Gasteiger partial charge in [0.15, 0.2) is 11.4 Å². The van der Waals surface area contributed by atoms with Gasteiger partial charge in [0.1, 0.15) is 11.3 Å². The molecule has 214 valence electrons. The maximum atomic E-state index is 15.6. The van der Waals surface area contributed by atoms with Crippen LogP contribution < -0.4 is 5.32 Å². The van der Waals surface area contributed by atoms with Crippen LogP contribution >= 0.6 is 11.3 Å². The molecule has 2 aliphatic rings. The monoisotopic (exact) mass is 580 g/mol. The number of oxazole rings is 1. The summed E-state index contributed by atoms with van der Waals surface area (Å²) in [5.74, 6) is -1.65. The predicted molar refractivity (Wildman–Crippen MR) is 150 cm³/mol. The Morgan fingerprint density at radius 1 is 1.20 bits per heavy atom. The van der Waals surface area contributed by atoms with E-state index < -0.39 is 17.6 Å². The van der Waals surface area contributed by atoms with E-state index in [4.69, 9.17) is 9.52 Å². The normalized spacial score (nSPS) is 20.4. The van der Waals surface area contributed by atoms with Gasteiger partial charge >= 0.3 is 5.97 Å². The number of carbonyl (C=O) groups is 2. The van der Waals surface area contributed by atoms with Gasteiger partial charge in [0.25, 0.3) is 6.01 Å². The standard InChI is InChI=1S/C30H30F2N4O4S/c1-16-6-8-18(31)13-23(16)35-30-34-22-10-7-17(27(32)28(22)40-30)12-25(37)36-15-21(20-4-2-3-5-24(20)36)29-33-14-19(41-29)9-11-26(38)39/h6-8,10,13-14,20-21,24H,2-5,9,11-12,15H2,1H3,(H,34,35)(H,38,39). The van der Waals surface area contributed by atoms with Crippen LogP contribution in [0.1, 0.15) is 59.0 Å². The summed E-state index contributed by atoms with van der Waals surface area (Å²) in [4.78, 5) is 36.3. The molecule has 2 fully saturated rings. The van der Waals surface area contributed by atoms with Crippen molar-refractivity contribution in [1.29, 1.82) is 0 Å². The summed E-state index contributed by atoms with van der Waals surface area (Å²) in [6.45, 7) is 2.33. The highest BCUT2D eigenvalue weighted by Crippen LogP contribution is 2.46. The number of amides is 1. The van der Waals surface area contributed by atoms with Crippen LogP contribution in [-0.4, -0.2) is 44.4 Å². The van der Waals surface area contributed by atoms with Gasteiger partial charge in [-0.05, 0) is 55.9 Å². The van der Waals surface area contributed by atoms with Crippen molar-refractivity contribution in [3.8, 4) is 0 Å². The highest BCUT2D eigenvalue weighted by Gasteiger charge is 2.46. The first-order valence-electron chi connectivity index (χ1n) is 13.8. The molecule has 1 aliphatic carbocycles. The number of likely N-dealkylation sites (tertiary alicyclic amines) is 1. The summed E-state index contributed by atoms with van der Waals surface area (Å²) in [6.07, 6.45) is 6.20. The van der Waals surface area contributed by atoms with Crippen LogP contribution in [0, 0.1) is 24.5 Å². The molecule has 0 bridgehead atoms. The summed E-state index contributed by atoms with van der Waals surface area (Å²) in [5, 5.41) is 12.9. The molecule has 6 rings (SSSR count). The Morgan fingerprint density at radius 2 is 2.02 bits per heavy atom. The van der Waals surface area contributed by atoms with E-state index in [9.17, 15) is 14.0 Å². The summed E-state index contributed by atoms with van der Waals surface area (Å²) >= 11 is 1.54. The number of aryl methyl sites for hydroxylation is 2. The van der Waals surface area contributed by atoms with Crippen LogP contribution in [0.25, 0.3) is 11.1 Å². The number of aliphatic carboxylic acids is 1. The molecular formula is C30H30F2N4O4S. The number of anilines is 2. The number of nitrogens with zero attached hydrogens (tertiary/aromatic N) is 3. The second-order valence-corrected chi connectivity index (χ2v) is 12.0. The maximum Gasteiger partial charge on any atom is 0.303 e. The van der Waals surface area contributed by atoms with Gasteiger partial charge in [-0.1, -0.05) is 25.0 Å². The third-order valence-electron chi connectivity index (χ3n) is 8.25. The molecule has 1 amide bonds. The number of carboxylic acids is 1. The van der Waals surface area contributed by atoms with Crippen molar-refractivity contribution in [3.05, 3.63) is 69.2 Å². The minimum atomic E-state index is -0.838. The quantitative estimate of drug-likeness (QED) is 0.250. The van der Waals surface area contributed by atoms with Gasteiger partial charge in [-0.15, -0.1) is 11.3 Å². The Balaban J connectivity index is 1.19. The van der Waals surface area contributed by atoms with Crippen LogP contribution in [0.2, 0.25) is 0 Å². The first-order valence-corrected chi connectivity index (χ1v) is 14.7. The number of thiazole rings is 1. The number of fused-ring (bicyclic) bond motifs is 2. The fourth-order valence-corrected chi connectivity index (χ4v) is 7.25. The SMILES string of the molecule is Cc1ccc(F)cc1Nc1nc2ccc(CC(=O)N3CC(c4ncc(CCC(=O)O)s4)C4CCCCC43)c(F)c2o1. The van der Waals surface area contributed by atoms with Gasteiger partial charge in [0, 0.05) is 40.8 Å². The predicted octanol–water partition coefficient (Wildman–Crippen LogP) is 6.36. The third-order valence-corrected chi connectivity index (χ3v) is 9.44. The lowest BCUT2D eigenvalue weighted by Crippen LogP contribution is -2.40. The molecule has 8 nitrogen and oxygen atoms in total. The number of benzene rings is 2. The molecule has 1 saturated heterocycles. The molecular weight excluding hydrogens is 550 g/mol. The molecule has 2 aromatic carbocycles. The van der Waals surface area contributed by atoms with E-state index >= 15 is 4.39 Å². The molecule has 1 aliphatic heterocycles. The average Bonchev–Trinajstić information content (AvgIpc) is 3.68. The Hall–Kier alpha value is -3.86. The molecule has 3 atom stereocenters. The zero-order valence-corrected chi connectivity index (χ0v) is 23.3. The number of hydrogen-bond donors (Lipinski definition) is 2. The lowest BCUT2D eigenvalue weighted by atomic mass is 9.80. The molecule has 3 heterocycles. The molecule has 4 aromatic rings. The van der Waals surface area contributed by atoms with Gasteiger partial charge in [-0.2, -0.15) is 4.98 Å². The van der Waals surface area contributed by atoms with Gasteiger partial charge in [0.05, 0.1) is 17.8 Å². The van der Waals surface area contributed by atoms with Crippen molar-refractivity contribution in [1.82, 2.24) is 14.9 Å². The average molecular weight is 581 g/mol. The largest absolute Gasteiger partial charge is 0.481 e. The van der Waals surface area contributed by atoms with Crippen LogP contribution in [0.15, 0.2) is 40.9 Å². The molecule has 1 saturated carbocycles. The fraction of sp³-hybridized carbons (Fsp3) is 0.400. The summed E-state index contributed by atoms with van der Waals surface area (Å²) < 4.78 is 34.9. The van der Waals surface area contributed by atoms with E-state index in [0.717, 1.165) is 41.1 Å². The highest BCUT2D eigenvalue weighted by atomic mass is 32.1. The number of halogens is 2. The molecule has 0 radical (unpaired) electrons. The Morgan fingerprint density at radius 3 is 2.85 bits per heavy atom. The van der Waals surface area contributed by atoms with Gasteiger partial charge in [-0.3, -0.25) is 9.59 Å². The number of nitrogens with one attached hydrogen (secondary N) is 1. The third kappa shape index (κ3) is 5.55. The van der Waals surface area contributed by atoms with E-state index in [2.05, 4.69) is 15.3 Å². The lowest BCUT2D eigenvalue weighted by molar-refractivity contribution is -0.137. The maximum absolute atomic E-state index is 15.6. The van der Waals surface area contributed by atoms with E-state index in [-0.39, 0.29) is 53.8 Å². The minimum absolute atomic E-state index is 0.0367. The van der Waals surface area contributed by atoms with Crippen LogP contribution in [0.5, 0.6) is 0 Å². The lowest BCUT2D eigenvalue weighted by Gasteiger charge is -2.32. The Bertz CT molecular complexity index is 1620. The van der Waals surface area contributed by atoms with Gasteiger partial charge < -0.3 is 19.7 Å². The first-order chi connectivity index (χ1) is 19.8. The summed E-state index contributed by atoms with van der Waals surface area (Å²) in [5.41, 5.74) is 1.71. The summed E-state index contributed by atoms with van der Waals surface area (Å²) in [7, 11) is 0. The van der Waals surface area contributed by atoms with Crippen molar-refractivity contribution < 1.29 is 27.9 Å². The second-order valence-electron chi connectivity index (χ2n) is 10.9. The molecule has 0 spiro atoms. The van der Waals surface area contributed by atoms with Crippen molar-refractivity contribution in [2.75, 3.05) is 11.9 Å². The molecule has 11 heteroatoms. The number of rotatable bonds is 8. The van der Waals surface area contributed by atoms with Crippen molar-refractivity contribution >= 4 is 46.0 Å². The topological polar surface area (TPSA) is 109 Å². The fourth-order valence-electron chi connectivity index (χ4n) is 6.17. The second kappa shape index (κ2) is 11.2. The highest BCUT2D eigenvalue weighted by molar-refractivity contribution is 7.11. The number of carbonyl (C=O) groups excluding carboxylic acids is 1. The van der Waals surface area contributed by atoms with Crippen LogP contribution in [0.3, 0.4) is 0 Å². The Kier molecular flexibility index (Phi) is 7.46. The number of hydrogen-bond acceptors (Lipinski definition) is 7. The zero-order chi connectivity index (χ0) is 28.7.